The Bertz CT molecular complexity index is 871. The molecule has 33 heavy (non-hydrogen) atoms. The first-order chi connectivity index (χ1) is 15.6. The van der Waals surface area contributed by atoms with Crippen molar-refractivity contribution in [3.63, 3.8) is 0 Å². The fourth-order valence-corrected chi connectivity index (χ4v) is 5.81. The highest BCUT2D eigenvalue weighted by Crippen LogP contribution is 2.40. The lowest BCUT2D eigenvalue weighted by Crippen LogP contribution is -2.46. The first kappa shape index (κ1) is 24.4. The Hall–Kier alpha value is -1.71. The molecule has 0 aromatic heterocycles. The molecule has 1 aromatic carbocycles. The smallest absolute Gasteiger partial charge is 0.410 e. The standard InChI is InChI=1S/C24H36FN3O4S/c1-24(2,3)32-23(29)27-15-18-12-20(13-19(18)16-27)31-22-6-5-17(11-21(22)25)14-26-7-9-28(10-8-26)33(4)30/h5-6,11,18-20H,7-10,12-16H2,1-4H3. The van der Waals surface area contributed by atoms with Crippen LogP contribution in [0.2, 0.25) is 0 Å². The van der Waals surface area contributed by atoms with E-state index in [9.17, 15) is 13.4 Å². The summed E-state index contributed by atoms with van der Waals surface area (Å²) in [5.74, 6) is 0.731. The Kier molecular flexibility index (Phi) is 7.31. The third kappa shape index (κ3) is 6.25. The first-order valence-electron chi connectivity index (χ1n) is 11.8. The Morgan fingerprint density at radius 3 is 2.30 bits per heavy atom. The summed E-state index contributed by atoms with van der Waals surface area (Å²) in [7, 11) is -0.929. The summed E-state index contributed by atoms with van der Waals surface area (Å²) in [5.41, 5.74) is 0.427. The van der Waals surface area contributed by atoms with E-state index in [0.717, 1.165) is 44.6 Å². The van der Waals surface area contributed by atoms with E-state index in [1.54, 1.807) is 23.3 Å². The molecule has 1 amide bonds. The molecular weight excluding hydrogens is 445 g/mol. The van der Waals surface area contributed by atoms with Gasteiger partial charge in [-0.2, -0.15) is 0 Å². The molecule has 0 radical (unpaired) electrons. The van der Waals surface area contributed by atoms with Gasteiger partial charge in [0.2, 0.25) is 0 Å². The molecule has 0 spiro atoms. The van der Waals surface area contributed by atoms with Crippen LogP contribution in [0.25, 0.3) is 0 Å². The van der Waals surface area contributed by atoms with Crippen molar-refractivity contribution in [2.45, 2.75) is 51.9 Å². The molecule has 184 valence electrons. The van der Waals surface area contributed by atoms with Crippen LogP contribution in [-0.4, -0.2) is 81.6 Å². The fraction of sp³-hybridized carbons (Fsp3) is 0.708. The summed E-state index contributed by atoms with van der Waals surface area (Å²) in [6.45, 7) is 10.8. The average molecular weight is 482 g/mol. The summed E-state index contributed by atoms with van der Waals surface area (Å²) in [6.07, 6.45) is 3.09. The third-order valence-electron chi connectivity index (χ3n) is 6.75. The highest BCUT2D eigenvalue weighted by molar-refractivity contribution is 7.81. The number of benzene rings is 1. The maximum atomic E-state index is 14.8. The van der Waals surface area contributed by atoms with Gasteiger partial charge in [0.1, 0.15) is 5.60 Å². The quantitative estimate of drug-likeness (QED) is 0.646. The molecule has 4 rings (SSSR count). The molecule has 9 heteroatoms. The normalized spacial score (nSPS) is 27.4. The van der Waals surface area contributed by atoms with Crippen LogP contribution in [0.15, 0.2) is 18.2 Å². The number of rotatable bonds is 5. The van der Waals surface area contributed by atoms with Crippen molar-refractivity contribution in [1.82, 2.24) is 14.1 Å². The van der Waals surface area contributed by atoms with Crippen LogP contribution in [0.4, 0.5) is 9.18 Å². The Balaban J connectivity index is 1.26. The minimum atomic E-state index is -0.929. The minimum Gasteiger partial charge on any atom is -0.487 e. The van der Waals surface area contributed by atoms with Crippen LogP contribution in [0, 0.1) is 17.7 Å². The molecule has 3 unspecified atom stereocenters. The van der Waals surface area contributed by atoms with Gasteiger partial charge in [0, 0.05) is 52.1 Å². The molecule has 1 saturated carbocycles. The van der Waals surface area contributed by atoms with Crippen molar-refractivity contribution >= 4 is 17.1 Å². The maximum absolute atomic E-state index is 14.8. The molecule has 2 aliphatic heterocycles. The van der Waals surface area contributed by atoms with Gasteiger partial charge in [-0.3, -0.25) is 4.90 Å². The first-order valence-corrected chi connectivity index (χ1v) is 13.3. The second-order valence-corrected chi connectivity index (χ2v) is 11.9. The molecule has 2 saturated heterocycles. The van der Waals surface area contributed by atoms with Crippen LogP contribution in [-0.2, 0) is 22.3 Å². The molecule has 1 aliphatic carbocycles. The largest absolute Gasteiger partial charge is 0.487 e. The molecule has 3 atom stereocenters. The number of carbonyl (C=O) groups excluding carboxylic acids is 1. The fourth-order valence-electron chi connectivity index (χ4n) is 5.14. The Labute approximate surface area is 198 Å². The predicted molar refractivity (Wildman–Crippen MR) is 126 cm³/mol. The van der Waals surface area contributed by atoms with Crippen LogP contribution >= 0.6 is 0 Å². The average Bonchev–Trinajstić information content (AvgIpc) is 3.28. The number of fused-ring (bicyclic) bond motifs is 1. The molecule has 7 nitrogen and oxygen atoms in total. The lowest BCUT2D eigenvalue weighted by Gasteiger charge is -2.33. The third-order valence-corrected chi connectivity index (χ3v) is 7.84. The number of nitrogens with zero attached hydrogens (tertiary/aromatic N) is 3. The number of likely N-dealkylation sites (tertiary alicyclic amines) is 1. The van der Waals surface area contributed by atoms with Crippen molar-refractivity contribution in [3.8, 4) is 5.75 Å². The highest BCUT2D eigenvalue weighted by Gasteiger charge is 2.44. The van der Waals surface area contributed by atoms with E-state index in [2.05, 4.69) is 4.90 Å². The summed E-state index contributed by atoms with van der Waals surface area (Å²) >= 11 is 0. The van der Waals surface area contributed by atoms with Crippen molar-refractivity contribution in [2.24, 2.45) is 11.8 Å². The van der Waals surface area contributed by atoms with E-state index in [1.807, 2.05) is 31.1 Å². The van der Waals surface area contributed by atoms with Gasteiger partial charge in [-0.1, -0.05) is 6.07 Å². The summed E-state index contributed by atoms with van der Waals surface area (Å²) < 4.78 is 39.8. The van der Waals surface area contributed by atoms with Crippen LogP contribution in [0.1, 0.15) is 39.2 Å². The van der Waals surface area contributed by atoms with Gasteiger partial charge in [-0.05, 0) is 63.1 Å². The van der Waals surface area contributed by atoms with E-state index in [0.29, 0.717) is 37.2 Å². The summed E-state index contributed by atoms with van der Waals surface area (Å²) in [4.78, 5) is 16.4. The van der Waals surface area contributed by atoms with Gasteiger partial charge in [0.15, 0.2) is 11.6 Å². The molecule has 3 fully saturated rings. The lowest BCUT2D eigenvalue weighted by molar-refractivity contribution is 0.0272. The zero-order valence-electron chi connectivity index (χ0n) is 20.1. The van der Waals surface area contributed by atoms with Crippen molar-refractivity contribution < 1.29 is 22.9 Å². The number of halogens is 1. The van der Waals surface area contributed by atoms with Crippen molar-refractivity contribution in [2.75, 3.05) is 45.5 Å². The molecule has 0 bridgehead atoms. The zero-order valence-corrected chi connectivity index (χ0v) is 20.9. The highest BCUT2D eigenvalue weighted by atomic mass is 32.2. The minimum absolute atomic E-state index is 0.0240. The van der Waals surface area contributed by atoms with Gasteiger partial charge in [0.05, 0.1) is 17.1 Å². The van der Waals surface area contributed by atoms with Crippen LogP contribution in [0.5, 0.6) is 5.75 Å². The van der Waals surface area contributed by atoms with Crippen molar-refractivity contribution in [1.29, 1.82) is 0 Å². The zero-order chi connectivity index (χ0) is 23.8. The Morgan fingerprint density at radius 1 is 1.12 bits per heavy atom. The summed E-state index contributed by atoms with van der Waals surface area (Å²) in [6, 6.07) is 5.24. The van der Waals surface area contributed by atoms with Gasteiger partial charge in [-0.15, -0.1) is 0 Å². The van der Waals surface area contributed by atoms with Crippen LogP contribution in [0.3, 0.4) is 0 Å². The van der Waals surface area contributed by atoms with Gasteiger partial charge in [-0.25, -0.2) is 17.7 Å². The second kappa shape index (κ2) is 9.88. The lowest BCUT2D eigenvalue weighted by atomic mass is 10.0. The van der Waals surface area contributed by atoms with E-state index in [1.165, 1.54) is 0 Å². The summed E-state index contributed by atoms with van der Waals surface area (Å²) in [5, 5.41) is 0. The monoisotopic (exact) mass is 481 g/mol. The predicted octanol–water partition coefficient (Wildman–Crippen LogP) is 3.26. The SMILES string of the molecule is CS(=O)N1CCN(Cc2ccc(OC3CC4CN(C(=O)OC(C)(C)C)CC4C3)c(F)c2)CC1. The number of amides is 1. The number of piperazine rings is 1. The number of ether oxygens (including phenoxy) is 2. The Morgan fingerprint density at radius 2 is 1.76 bits per heavy atom. The second-order valence-electron chi connectivity index (χ2n) is 10.5. The van der Waals surface area contributed by atoms with E-state index in [-0.39, 0.29) is 18.0 Å². The molecule has 3 aliphatic rings. The van der Waals surface area contributed by atoms with Gasteiger partial charge < -0.3 is 14.4 Å². The molecule has 1 aromatic rings. The molecule has 2 heterocycles. The van der Waals surface area contributed by atoms with Crippen molar-refractivity contribution in [3.05, 3.63) is 29.6 Å². The van der Waals surface area contributed by atoms with Gasteiger partial charge in [0.25, 0.3) is 0 Å². The van der Waals surface area contributed by atoms with E-state index < -0.39 is 16.6 Å². The van der Waals surface area contributed by atoms with E-state index in [4.69, 9.17) is 9.47 Å². The topological polar surface area (TPSA) is 62.3 Å². The molecule has 0 N–H and O–H groups in total. The van der Waals surface area contributed by atoms with Gasteiger partial charge >= 0.3 is 6.09 Å². The number of hydrogen-bond donors (Lipinski definition) is 0. The van der Waals surface area contributed by atoms with Crippen LogP contribution < -0.4 is 4.74 Å². The molecular formula is C24H36FN3O4S. The number of hydrogen-bond acceptors (Lipinski definition) is 5. The van der Waals surface area contributed by atoms with E-state index >= 15 is 0 Å². The number of carbonyl (C=O) groups is 1. The maximum Gasteiger partial charge on any atom is 0.410 e.